The van der Waals surface area contributed by atoms with Crippen molar-refractivity contribution in [3.8, 4) is 0 Å². The number of hydrogen-bond donors (Lipinski definition) is 3. The van der Waals surface area contributed by atoms with E-state index in [4.69, 9.17) is 5.11 Å². The standard InChI is InChI=1S/C6H14N2O2/c1-5(9)3-8-6(10)4-7-2/h5,7,9H,3-4H2,1-2H3,(H,8,10). The fraction of sp³-hybridized carbons (Fsp3) is 0.833. The Kier molecular flexibility index (Phi) is 4.88. The van der Waals surface area contributed by atoms with Gasteiger partial charge >= 0.3 is 0 Å². The highest BCUT2D eigenvalue weighted by Crippen LogP contribution is 1.73. The Hall–Kier alpha value is -0.610. The lowest BCUT2D eigenvalue weighted by Gasteiger charge is -2.05. The number of aliphatic hydroxyl groups excluding tert-OH is 1. The molecule has 0 aromatic heterocycles. The van der Waals surface area contributed by atoms with Crippen LogP contribution in [0, 0.1) is 0 Å². The quantitative estimate of drug-likeness (QED) is 0.462. The van der Waals surface area contributed by atoms with Crippen molar-refractivity contribution in [1.29, 1.82) is 0 Å². The second kappa shape index (κ2) is 5.20. The lowest BCUT2D eigenvalue weighted by Crippen LogP contribution is -2.36. The molecule has 0 saturated carbocycles. The molecule has 0 bridgehead atoms. The summed E-state index contributed by atoms with van der Waals surface area (Å²) in [6.45, 7) is 2.24. The molecule has 0 aliphatic carbocycles. The second-order valence-electron chi connectivity index (χ2n) is 2.18. The van der Waals surface area contributed by atoms with Crippen LogP contribution in [0.2, 0.25) is 0 Å². The zero-order valence-electron chi connectivity index (χ0n) is 6.35. The van der Waals surface area contributed by atoms with Crippen molar-refractivity contribution in [3.63, 3.8) is 0 Å². The van der Waals surface area contributed by atoms with Gasteiger partial charge in [-0.1, -0.05) is 0 Å². The summed E-state index contributed by atoms with van der Waals surface area (Å²) < 4.78 is 0. The van der Waals surface area contributed by atoms with Gasteiger partial charge in [0, 0.05) is 6.54 Å². The Morgan fingerprint density at radius 3 is 2.70 bits per heavy atom. The van der Waals surface area contributed by atoms with Gasteiger partial charge < -0.3 is 15.7 Å². The van der Waals surface area contributed by atoms with Crippen LogP contribution < -0.4 is 10.6 Å². The largest absolute Gasteiger partial charge is 0.392 e. The summed E-state index contributed by atoms with van der Waals surface area (Å²) in [6, 6.07) is 0. The van der Waals surface area contributed by atoms with Crippen LogP contribution in [0.1, 0.15) is 6.92 Å². The third kappa shape index (κ3) is 5.53. The van der Waals surface area contributed by atoms with Crippen LogP contribution in [0.15, 0.2) is 0 Å². The Balaban J connectivity index is 3.22. The molecule has 0 spiro atoms. The predicted molar refractivity (Wildman–Crippen MR) is 38.6 cm³/mol. The monoisotopic (exact) mass is 146 g/mol. The fourth-order valence-electron chi connectivity index (χ4n) is 0.485. The van der Waals surface area contributed by atoms with Gasteiger partial charge in [-0.15, -0.1) is 0 Å². The molecule has 0 fully saturated rings. The Bertz CT molecular complexity index is 104. The summed E-state index contributed by atoms with van der Waals surface area (Å²) >= 11 is 0. The predicted octanol–water partition coefficient (Wildman–Crippen LogP) is -1.30. The van der Waals surface area contributed by atoms with Gasteiger partial charge in [-0.05, 0) is 14.0 Å². The summed E-state index contributed by atoms with van der Waals surface area (Å²) in [5.41, 5.74) is 0. The van der Waals surface area contributed by atoms with E-state index in [9.17, 15) is 4.79 Å². The van der Waals surface area contributed by atoms with Gasteiger partial charge in [0.25, 0.3) is 0 Å². The van der Waals surface area contributed by atoms with E-state index in [0.29, 0.717) is 13.1 Å². The lowest BCUT2D eigenvalue weighted by molar-refractivity contribution is -0.120. The summed E-state index contributed by atoms with van der Waals surface area (Å²) in [5.74, 6) is -0.0941. The molecule has 0 radical (unpaired) electrons. The average molecular weight is 146 g/mol. The van der Waals surface area contributed by atoms with Gasteiger partial charge in [-0.2, -0.15) is 0 Å². The molecular formula is C6H14N2O2. The van der Waals surface area contributed by atoms with E-state index in [0.717, 1.165) is 0 Å². The van der Waals surface area contributed by atoms with E-state index < -0.39 is 6.10 Å². The van der Waals surface area contributed by atoms with Gasteiger partial charge in [0.2, 0.25) is 5.91 Å². The Morgan fingerprint density at radius 1 is 1.70 bits per heavy atom. The highest BCUT2D eigenvalue weighted by molar-refractivity contribution is 5.77. The molecule has 4 nitrogen and oxygen atoms in total. The normalized spacial score (nSPS) is 12.7. The number of carbonyl (C=O) groups excluding carboxylic acids is 1. The highest BCUT2D eigenvalue weighted by Gasteiger charge is 1.99. The van der Waals surface area contributed by atoms with E-state index in [1.54, 1.807) is 14.0 Å². The summed E-state index contributed by atoms with van der Waals surface area (Å²) in [6.07, 6.45) is -0.471. The lowest BCUT2D eigenvalue weighted by atomic mass is 10.4. The maximum Gasteiger partial charge on any atom is 0.234 e. The maximum absolute atomic E-state index is 10.7. The molecule has 0 heterocycles. The topological polar surface area (TPSA) is 61.4 Å². The van der Waals surface area contributed by atoms with Crippen LogP contribution in [0.5, 0.6) is 0 Å². The molecule has 0 aromatic rings. The molecule has 4 heteroatoms. The van der Waals surface area contributed by atoms with Crippen molar-refractivity contribution in [2.24, 2.45) is 0 Å². The van der Waals surface area contributed by atoms with E-state index in [2.05, 4.69) is 10.6 Å². The Morgan fingerprint density at radius 2 is 2.30 bits per heavy atom. The molecule has 0 aliphatic rings. The van der Waals surface area contributed by atoms with Gasteiger partial charge in [0.1, 0.15) is 0 Å². The summed E-state index contributed by atoms with van der Waals surface area (Å²) in [5, 5.41) is 14.0. The van der Waals surface area contributed by atoms with Gasteiger partial charge in [0.05, 0.1) is 12.6 Å². The molecule has 3 N–H and O–H groups in total. The number of nitrogens with one attached hydrogen (secondary N) is 2. The smallest absolute Gasteiger partial charge is 0.234 e. The molecular weight excluding hydrogens is 132 g/mol. The van der Waals surface area contributed by atoms with Crippen LogP contribution in [-0.2, 0) is 4.79 Å². The zero-order valence-corrected chi connectivity index (χ0v) is 6.35. The van der Waals surface area contributed by atoms with Gasteiger partial charge in [0.15, 0.2) is 0 Å². The van der Waals surface area contributed by atoms with E-state index >= 15 is 0 Å². The van der Waals surface area contributed by atoms with Crippen molar-refractivity contribution in [1.82, 2.24) is 10.6 Å². The minimum atomic E-state index is -0.471. The first-order valence-electron chi connectivity index (χ1n) is 3.26. The van der Waals surface area contributed by atoms with Crippen LogP contribution in [0.25, 0.3) is 0 Å². The maximum atomic E-state index is 10.7. The number of carbonyl (C=O) groups is 1. The van der Waals surface area contributed by atoms with Gasteiger partial charge in [-0.3, -0.25) is 4.79 Å². The van der Waals surface area contributed by atoms with Crippen LogP contribution >= 0.6 is 0 Å². The number of likely N-dealkylation sites (N-methyl/N-ethyl adjacent to an activating group) is 1. The SMILES string of the molecule is CNCC(=O)NCC(C)O. The van der Waals surface area contributed by atoms with Crippen molar-refractivity contribution in [2.45, 2.75) is 13.0 Å². The van der Waals surface area contributed by atoms with Crippen molar-refractivity contribution < 1.29 is 9.90 Å². The minimum Gasteiger partial charge on any atom is -0.392 e. The van der Waals surface area contributed by atoms with Crippen LogP contribution in [0.3, 0.4) is 0 Å². The van der Waals surface area contributed by atoms with Gasteiger partial charge in [-0.25, -0.2) is 0 Å². The van der Waals surface area contributed by atoms with Crippen molar-refractivity contribution >= 4 is 5.91 Å². The van der Waals surface area contributed by atoms with Crippen LogP contribution in [0.4, 0.5) is 0 Å². The first-order valence-corrected chi connectivity index (χ1v) is 3.26. The summed E-state index contributed by atoms with van der Waals surface area (Å²) in [7, 11) is 1.70. The van der Waals surface area contributed by atoms with E-state index in [1.165, 1.54) is 0 Å². The molecule has 0 rings (SSSR count). The molecule has 0 saturated heterocycles. The molecule has 1 atom stereocenters. The number of hydrogen-bond acceptors (Lipinski definition) is 3. The molecule has 1 unspecified atom stereocenters. The molecule has 10 heavy (non-hydrogen) atoms. The minimum absolute atomic E-state index is 0.0941. The van der Waals surface area contributed by atoms with Crippen molar-refractivity contribution in [3.05, 3.63) is 0 Å². The fourth-order valence-corrected chi connectivity index (χ4v) is 0.485. The van der Waals surface area contributed by atoms with E-state index in [1.807, 2.05) is 0 Å². The molecule has 0 aliphatic heterocycles. The molecule has 0 aromatic carbocycles. The van der Waals surface area contributed by atoms with Crippen molar-refractivity contribution in [2.75, 3.05) is 20.1 Å². The third-order valence-electron chi connectivity index (χ3n) is 0.932. The number of amides is 1. The summed E-state index contributed by atoms with van der Waals surface area (Å²) in [4.78, 5) is 10.7. The zero-order chi connectivity index (χ0) is 7.98. The molecule has 1 amide bonds. The van der Waals surface area contributed by atoms with Crippen LogP contribution in [-0.4, -0.2) is 37.3 Å². The second-order valence-corrected chi connectivity index (χ2v) is 2.18. The average Bonchev–Trinajstić information content (AvgIpc) is 1.85. The Labute approximate surface area is 60.6 Å². The number of aliphatic hydroxyl groups is 1. The van der Waals surface area contributed by atoms with E-state index in [-0.39, 0.29) is 5.91 Å². The molecule has 60 valence electrons. The highest BCUT2D eigenvalue weighted by atomic mass is 16.3. The third-order valence-corrected chi connectivity index (χ3v) is 0.932. The first-order chi connectivity index (χ1) is 4.66. The number of rotatable bonds is 4. The first kappa shape index (κ1) is 9.39.